The number of fused-ring (bicyclic) bond motifs is 1. The summed E-state index contributed by atoms with van der Waals surface area (Å²) in [5.41, 5.74) is 1.69. The highest BCUT2D eigenvalue weighted by atomic mass is 32.1. The maximum absolute atomic E-state index is 5.52. The molecule has 0 amide bonds. The smallest absolute Gasteiger partial charge is 0.164 e. The molecule has 142 valence electrons. The van der Waals surface area contributed by atoms with Gasteiger partial charge in [0.25, 0.3) is 0 Å². The number of hydrogen-bond donors (Lipinski definition) is 1. The predicted molar refractivity (Wildman–Crippen MR) is 113 cm³/mol. The number of nitrogens with zero attached hydrogens (tertiary/aromatic N) is 3. The standard InChI is InChI=1S/C21H20N4O2S/c1-4-15-11-16-20(23-17-8-7-14(26-2)10-18(17)27-3)24-19(25-21(16)28-15)13-6-5-9-22-12-13/h5-12H,4H2,1-3H3,(H,23,24,25). The van der Waals surface area contributed by atoms with Gasteiger partial charge in [-0.05, 0) is 36.8 Å². The summed E-state index contributed by atoms with van der Waals surface area (Å²) in [4.78, 5) is 16.0. The van der Waals surface area contributed by atoms with Gasteiger partial charge in [-0.2, -0.15) is 0 Å². The molecule has 0 aliphatic carbocycles. The van der Waals surface area contributed by atoms with E-state index in [9.17, 15) is 0 Å². The second-order valence-electron chi connectivity index (χ2n) is 6.11. The first-order valence-electron chi connectivity index (χ1n) is 8.91. The van der Waals surface area contributed by atoms with Gasteiger partial charge in [-0.25, -0.2) is 9.97 Å². The molecule has 0 aliphatic rings. The van der Waals surface area contributed by atoms with E-state index in [2.05, 4.69) is 23.3 Å². The molecular weight excluding hydrogens is 372 g/mol. The lowest BCUT2D eigenvalue weighted by atomic mass is 10.2. The monoisotopic (exact) mass is 392 g/mol. The second kappa shape index (κ2) is 7.82. The Hall–Kier alpha value is -3.19. The number of hydrogen-bond acceptors (Lipinski definition) is 7. The molecule has 0 spiro atoms. The third kappa shape index (κ3) is 3.48. The number of rotatable bonds is 6. The van der Waals surface area contributed by atoms with Crippen LogP contribution < -0.4 is 14.8 Å². The molecule has 0 unspecified atom stereocenters. The van der Waals surface area contributed by atoms with Crippen LogP contribution in [0.3, 0.4) is 0 Å². The van der Waals surface area contributed by atoms with Crippen molar-refractivity contribution in [1.29, 1.82) is 0 Å². The summed E-state index contributed by atoms with van der Waals surface area (Å²) in [5.74, 6) is 2.79. The van der Waals surface area contributed by atoms with Crippen LogP contribution in [0.15, 0.2) is 48.8 Å². The summed E-state index contributed by atoms with van der Waals surface area (Å²) < 4.78 is 10.8. The van der Waals surface area contributed by atoms with E-state index in [1.54, 1.807) is 38.0 Å². The fourth-order valence-corrected chi connectivity index (χ4v) is 3.86. The maximum atomic E-state index is 5.52. The van der Waals surface area contributed by atoms with E-state index in [4.69, 9.17) is 19.4 Å². The molecule has 7 heteroatoms. The van der Waals surface area contributed by atoms with Gasteiger partial charge in [-0.1, -0.05) is 6.92 Å². The Labute approximate surface area is 167 Å². The number of aryl methyl sites for hydroxylation is 1. The van der Waals surface area contributed by atoms with E-state index in [1.807, 2.05) is 30.3 Å². The Bertz CT molecular complexity index is 1110. The number of anilines is 2. The summed E-state index contributed by atoms with van der Waals surface area (Å²) in [6.45, 7) is 2.14. The van der Waals surface area contributed by atoms with Crippen molar-refractivity contribution in [2.24, 2.45) is 0 Å². The Morgan fingerprint density at radius 1 is 1.07 bits per heavy atom. The van der Waals surface area contributed by atoms with Gasteiger partial charge in [0.2, 0.25) is 0 Å². The van der Waals surface area contributed by atoms with Crippen molar-refractivity contribution in [1.82, 2.24) is 15.0 Å². The highest BCUT2D eigenvalue weighted by molar-refractivity contribution is 7.18. The molecule has 4 aromatic rings. The Balaban J connectivity index is 1.84. The van der Waals surface area contributed by atoms with E-state index in [-0.39, 0.29) is 0 Å². The normalized spacial score (nSPS) is 10.8. The highest BCUT2D eigenvalue weighted by Gasteiger charge is 2.15. The van der Waals surface area contributed by atoms with E-state index < -0.39 is 0 Å². The Morgan fingerprint density at radius 2 is 1.96 bits per heavy atom. The van der Waals surface area contributed by atoms with Gasteiger partial charge in [0.05, 0.1) is 25.3 Å². The number of methoxy groups -OCH3 is 2. The van der Waals surface area contributed by atoms with Gasteiger partial charge in [0.15, 0.2) is 5.82 Å². The van der Waals surface area contributed by atoms with E-state index in [1.165, 1.54) is 4.88 Å². The molecule has 0 saturated heterocycles. The van der Waals surface area contributed by atoms with E-state index in [0.29, 0.717) is 11.6 Å². The van der Waals surface area contributed by atoms with Gasteiger partial charge in [-0.3, -0.25) is 4.98 Å². The minimum absolute atomic E-state index is 0.639. The largest absolute Gasteiger partial charge is 0.497 e. The van der Waals surface area contributed by atoms with Crippen LogP contribution in [0.25, 0.3) is 21.6 Å². The third-order valence-electron chi connectivity index (χ3n) is 4.37. The van der Waals surface area contributed by atoms with Crippen LogP contribution in [-0.2, 0) is 6.42 Å². The van der Waals surface area contributed by atoms with Crippen LogP contribution in [0, 0.1) is 0 Å². The number of aromatic nitrogens is 3. The topological polar surface area (TPSA) is 69.2 Å². The molecule has 0 atom stereocenters. The number of benzene rings is 1. The first-order chi connectivity index (χ1) is 13.7. The SMILES string of the molecule is CCc1cc2c(Nc3ccc(OC)cc3OC)nc(-c3cccnc3)nc2s1. The van der Waals surface area contributed by atoms with Crippen molar-refractivity contribution in [3.05, 3.63) is 53.7 Å². The zero-order valence-electron chi connectivity index (χ0n) is 15.9. The summed E-state index contributed by atoms with van der Waals surface area (Å²) in [7, 11) is 3.27. The number of pyridine rings is 1. The Morgan fingerprint density at radius 3 is 2.68 bits per heavy atom. The number of thiophene rings is 1. The molecule has 0 bridgehead atoms. The highest BCUT2D eigenvalue weighted by Crippen LogP contribution is 2.36. The van der Waals surface area contributed by atoms with Gasteiger partial charge in [0.1, 0.15) is 22.1 Å². The molecule has 0 fully saturated rings. The summed E-state index contributed by atoms with van der Waals surface area (Å²) >= 11 is 1.68. The molecule has 0 radical (unpaired) electrons. The van der Waals surface area contributed by atoms with Gasteiger partial charge >= 0.3 is 0 Å². The minimum atomic E-state index is 0.639. The molecule has 28 heavy (non-hydrogen) atoms. The van der Waals surface area contributed by atoms with Crippen molar-refractivity contribution >= 4 is 33.1 Å². The lowest BCUT2D eigenvalue weighted by molar-refractivity contribution is 0.395. The minimum Gasteiger partial charge on any atom is -0.497 e. The fraction of sp³-hybridized carbons (Fsp3) is 0.190. The quantitative estimate of drug-likeness (QED) is 0.494. The summed E-state index contributed by atoms with van der Waals surface area (Å²) in [6.07, 6.45) is 4.46. The summed E-state index contributed by atoms with van der Waals surface area (Å²) in [5, 5.41) is 4.41. The molecule has 0 aliphatic heterocycles. The van der Waals surface area contributed by atoms with Gasteiger partial charge in [-0.15, -0.1) is 11.3 Å². The second-order valence-corrected chi connectivity index (χ2v) is 7.23. The van der Waals surface area contributed by atoms with Crippen LogP contribution in [0.1, 0.15) is 11.8 Å². The lowest BCUT2D eigenvalue weighted by Gasteiger charge is -2.13. The fourth-order valence-electron chi connectivity index (χ4n) is 2.89. The Kier molecular flexibility index (Phi) is 5.08. The third-order valence-corrected chi connectivity index (χ3v) is 5.55. The van der Waals surface area contributed by atoms with Crippen molar-refractivity contribution in [3.63, 3.8) is 0 Å². The molecule has 4 rings (SSSR count). The van der Waals surface area contributed by atoms with Crippen LogP contribution in [0.4, 0.5) is 11.5 Å². The van der Waals surface area contributed by atoms with Gasteiger partial charge < -0.3 is 14.8 Å². The number of nitrogens with one attached hydrogen (secondary N) is 1. The van der Waals surface area contributed by atoms with E-state index >= 15 is 0 Å². The lowest BCUT2D eigenvalue weighted by Crippen LogP contribution is -2.00. The zero-order valence-corrected chi connectivity index (χ0v) is 16.7. The van der Waals surface area contributed by atoms with Crippen LogP contribution >= 0.6 is 11.3 Å². The van der Waals surface area contributed by atoms with Crippen LogP contribution in [-0.4, -0.2) is 29.2 Å². The van der Waals surface area contributed by atoms with Crippen molar-refractivity contribution in [2.45, 2.75) is 13.3 Å². The first-order valence-corrected chi connectivity index (χ1v) is 9.73. The molecule has 3 heterocycles. The van der Waals surface area contributed by atoms with Crippen molar-refractivity contribution in [3.8, 4) is 22.9 Å². The molecule has 1 N–H and O–H groups in total. The number of ether oxygens (including phenoxy) is 2. The molecule has 3 aromatic heterocycles. The first kappa shape index (κ1) is 18.2. The summed E-state index contributed by atoms with van der Waals surface area (Å²) in [6, 6.07) is 11.6. The average Bonchev–Trinajstić information content (AvgIpc) is 3.18. The van der Waals surface area contributed by atoms with Crippen molar-refractivity contribution in [2.75, 3.05) is 19.5 Å². The molecule has 6 nitrogen and oxygen atoms in total. The van der Waals surface area contributed by atoms with Crippen LogP contribution in [0.5, 0.6) is 11.5 Å². The van der Waals surface area contributed by atoms with Crippen molar-refractivity contribution < 1.29 is 9.47 Å². The average molecular weight is 392 g/mol. The van der Waals surface area contributed by atoms with Gasteiger partial charge in [0, 0.05) is 28.9 Å². The van der Waals surface area contributed by atoms with Crippen LogP contribution in [0.2, 0.25) is 0 Å². The predicted octanol–water partition coefficient (Wildman–Crippen LogP) is 5.08. The molecular formula is C21H20N4O2S. The molecule has 0 saturated carbocycles. The zero-order chi connectivity index (χ0) is 19.5. The maximum Gasteiger partial charge on any atom is 0.164 e. The molecule has 1 aromatic carbocycles. The van der Waals surface area contributed by atoms with E-state index in [0.717, 1.165) is 39.5 Å².